The van der Waals surface area contributed by atoms with E-state index in [4.69, 9.17) is 4.74 Å². The van der Waals surface area contributed by atoms with Crippen LogP contribution < -0.4 is 5.32 Å². The van der Waals surface area contributed by atoms with Crippen molar-refractivity contribution in [2.24, 2.45) is 5.92 Å². The molecule has 0 aliphatic rings. The number of likely N-dealkylation sites (N-methyl/N-ethyl adjacent to an activating group) is 1. The Morgan fingerprint density at radius 3 is 2.53 bits per heavy atom. The largest absolute Gasteiger partial charge is 0.379 e. The Kier molecular flexibility index (Phi) is 10.3. The molecular weight excluding hydrogens is 188 g/mol. The van der Waals surface area contributed by atoms with Gasteiger partial charge in [0.1, 0.15) is 0 Å². The average Bonchev–Trinajstić information content (AvgIpc) is 2.15. The van der Waals surface area contributed by atoms with E-state index in [1.807, 2.05) is 0 Å². The molecule has 0 atom stereocenters. The maximum atomic E-state index is 5.53. The molecular formula is C12H28N2O. The van der Waals surface area contributed by atoms with Crippen molar-refractivity contribution in [3.05, 3.63) is 0 Å². The lowest BCUT2D eigenvalue weighted by atomic mass is 10.2. The summed E-state index contributed by atoms with van der Waals surface area (Å²) in [6.45, 7) is 12.6. The molecule has 1 N–H and O–H groups in total. The van der Waals surface area contributed by atoms with Gasteiger partial charge in [-0.2, -0.15) is 0 Å². The molecule has 0 rings (SSSR count). The van der Waals surface area contributed by atoms with Crippen LogP contribution in [0.1, 0.15) is 27.2 Å². The van der Waals surface area contributed by atoms with Crippen LogP contribution >= 0.6 is 0 Å². The molecule has 3 heteroatoms. The topological polar surface area (TPSA) is 24.5 Å². The molecule has 0 aromatic carbocycles. The number of hydrogen-bond acceptors (Lipinski definition) is 3. The number of ether oxygens (including phenoxy) is 1. The first-order valence-corrected chi connectivity index (χ1v) is 6.13. The van der Waals surface area contributed by atoms with E-state index in [9.17, 15) is 0 Å². The van der Waals surface area contributed by atoms with E-state index in [0.717, 1.165) is 45.3 Å². The zero-order chi connectivity index (χ0) is 11.5. The minimum Gasteiger partial charge on any atom is -0.379 e. The summed E-state index contributed by atoms with van der Waals surface area (Å²) in [5, 5.41) is 3.32. The molecule has 15 heavy (non-hydrogen) atoms. The molecule has 3 nitrogen and oxygen atoms in total. The summed E-state index contributed by atoms with van der Waals surface area (Å²) >= 11 is 0. The van der Waals surface area contributed by atoms with Crippen LogP contribution in [0.15, 0.2) is 0 Å². The molecule has 0 aromatic heterocycles. The maximum absolute atomic E-state index is 5.53. The first kappa shape index (κ1) is 14.9. The fourth-order valence-corrected chi connectivity index (χ4v) is 1.48. The van der Waals surface area contributed by atoms with Crippen molar-refractivity contribution in [2.45, 2.75) is 27.2 Å². The van der Waals surface area contributed by atoms with Crippen LogP contribution in [0.25, 0.3) is 0 Å². The molecule has 0 spiro atoms. The van der Waals surface area contributed by atoms with Crippen LogP contribution in [0.3, 0.4) is 0 Å². The Balaban J connectivity index is 3.09. The van der Waals surface area contributed by atoms with Gasteiger partial charge in [0, 0.05) is 19.6 Å². The lowest BCUT2D eigenvalue weighted by molar-refractivity contribution is 0.110. The predicted octanol–water partition coefficient (Wildman–Crippen LogP) is 1.59. The summed E-state index contributed by atoms with van der Waals surface area (Å²) in [4.78, 5) is 2.32. The van der Waals surface area contributed by atoms with Gasteiger partial charge >= 0.3 is 0 Å². The van der Waals surface area contributed by atoms with Crippen molar-refractivity contribution < 1.29 is 4.74 Å². The quantitative estimate of drug-likeness (QED) is 0.561. The lowest BCUT2D eigenvalue weighted by Gasteiger charge is -2.18. The highest BCUT2D eigenvalue weighted by Crippen LogP contribution is 1.94. The molecule has 0 aliphatic carbocycles. The molecule has 0 bridgehead atoms. The van der Waals surface area contributed by atoms with E-state index in [1.165, 1.54) is 6.42 Å². The van der Waals surface area contributed by atoms with E-state index in [0.29, 0.717) is 0 Å². The fourth-order valence-electron chi connectivity index (χ4n) is 1.48. The van der Waals surface area contributed by atoms with Crippen molar-refractivity contribution in [1.29, 1.82) is 0 Å². The molecule has 0 heterocycles. The van der Waals surface area contributed by atoms with Crippen molar-refractivity contribution in [3.8, 4) is 0 Å². The van der Waals surface area contributed by atoms with Crippen LogP contribution in [0, 0.1) is 5.92 Å². The second-order valence-corrected chi connectivity index (χ2v) is 4.52. The standard InChI is InChI=1S/C12H28N2O/c1-5-6-13-7-9-15-10-8-14(4)11-12(2)3/h12-13H,5-11H2,1-4H3. The van der Waals surface area contributed by atoms with Gasteiger partial charge in [0.2, 0.25) is 0 Å². The summed E-state index contributed by atoms with van der Waals surface area (Å²) in [6, 6.07) is 0. The third kappa shape index (κ3) is 11.8. The fraction of sp³-hybridized carbons (Fsp3) is 1.00. The highest BCUT2D eigenvalue weighted by molar-refractivity contribution is 4.54. The number of hydrogen-bond donors (Lipinski definition) is 1. The third-order valence-electron chi connectivity index (χ3n) is 2.14. The number of nitrogens with zero attached hydrogens (tertiary/aromatic N) is 1. The minimum absolute atomic E-state index is 0.737. The Morgan fingerprint density at radius 2 is 1.93 bits per heavy atom. The lowest BCUT2D eigenvalue weighted by Crippen LogP contribution is -2.28. The molecule has 0 amide bonds. The van der Waals surface area contributed by atoms with Crippen molar-refractivity contribution >= 4 is 0 Å². The molecule has 0 fully saturated rings. The maximum Gasteiger partial charge on any atom is 0.0593 e. The summed E-state index contributed by atoms with van der Waals surface area (Å²) < 4.78 is 5.53. The Morgan fingerprint density at radius 1 is 1.20 bits per heavy atom. The number of nitrogens with one attached hydrogen (secondary N) is 1. The van der Waals surface area contributed by atoms with E-state index >= 15 is 0 Å². The highest BCUT2D eigenvalue weighted by Gasteiger charge is 2.00. The van der Waals surface area contributed by atoms with E-state index in [-0.39, 0.29) is 0 Å². The van der Waals surface area contributed by atoms with Gasteiger partial charge < -0.3 is 15.0 Å². The smallest absolute Gasteiger partial charge is 0.0593 e. The summed E-state index contributed by atoms with van der Waals surface area (Å²) in [7, 11) is 2.15. The summed E-state index contributed by atoms with van der Waals surface area (Å²) in [5.41, 5.74) is 0. The monoisotopic (exact) mass is 216 g/mol. The second kappa shape index (κ2) is 10.4. The zero-order valence-electron chi connectivity index (χ0n) is 10.9. The van der Waals surface area contributed by atoms with Gasteiger partial charge in [-0.15, -0.1) is 0 Å². The first-order chi connectivity index (χ1) is 7.16. The Bertz CT molecular complexity index is 129. The second-order valence-electron chi connectivity index (χ2n) is 4.52. The molecule has 0 aliphatic heterocycles. The van der Waals surface area contributed by atoms with Gasteiger partial charge in [0.25, 0.3) is 0 Å². The van der Waals surface area contributed by atoms with Crippen molar-refractivity contribution in [1.82, 2.24) is 10.2 Å². The average molecular weight is 216 g/mol. The number of rotatable bonds is 10. The normalized spacial score (nSPS) is 11.6. The predicted molar refractivity (Wildman–Crippen MR) is 66.3 cm³/mol. The van der Waals surface area contributed by atoms with E-state index < -0.39 is 0 Å². The van der Waals surface area contributed by atoms with E-state index in [1.54, 1.807) is 0 Å². The summed E-state index contributed by atoms with van der Waals surface area (Å²) in [5.74, 6) is 0.737. The van der Waals surface area contributed by atoms with Crippen LogP contribution in [0.2, 0.25) is 0 Å². The summed E-state index contributed by atoms with van der Waals surface area (Å²) in [6.07, 6.45) is 1.19. The van der Waals surface area contributed by atoms with Crippen LogP contribution in [0.5, 0.6) is 0 Å². The van der Waals surface area contributed by atoms with Crippen molar-refractivity contribution in [2.75, 3.05) is 46.4 Å². The zero-order valence-corrected chi connectivity index (χ0v) is 10.9. The van der Waals surface area contributed by atoms with Crippen LogP contribution in [-0.4, -0.2) is 51.3 Å². The van der Waals surface area contributed by atoms with Gasteiger partial charge in [0.05, 0.1) is 13.2 Å². The minimum atomic E-state index is 0.737. The van der Waals surface area contributed by atoms with Crippen LogP contribution in [-0.2, 0) is 4.74 Å². The molecule has 0 saturated carbocycles. The first-order valence-electron chi connectivity index (χ1n) is 6.13. The van der Waals surface area contributed by atoms with Crippen molar-refractivity contribution in [3.63, 3.8) is 0 Å². The van der Waals surface area contributed by atoms with Crippen LogP contribution in [0.4, 0.5) is 0 Å². The van der Waals surface area contributed by atoms with Gasteiger partial charge in [-0.3, -0.25) is 0 Å². The Labute approximate surface area is 95.2 Å². The SMILES string of the molecule is CCCNCCOCCN(C)CC(C)C. The Hall–Kier alpha value is -0.120. The van der Waals surface area contributed by atoms with Gasteiger partial charge in [-0.25, -0.2) is 0 Å². The molecule has 92 valence electrons. The molecule has 0 unspecified atom stereocenters. The molecule has 0 saturated heterocycles. The molecule has 0 radical (unpaired) electrons. The van der Waals surface area contributed by atoms with E-state index in [2.05, 4.69) is 38.0 Å². The third-order valence-corrected chi connectivity index (χ3v) is 2.14. The van der Waals surface area contributed by atoms with Gasteiger partial charge in [0.15, 0.2) is 0 Å². The molecule has 0 aromatic rings. The van der Waals surface area contributed by atoms with Gasteiger partial charge in [-0.1, -0.05) is 20.8 Å². The van der Waals surface area contributed by atoms with Gasteiger partial charge in [-0.05, 0) is 25.9 Å². The highest BCUT2D eigenvalue weighted by atomic mass is 16.5.